The highest BCUT2D eigenvalue weighted by atomic mass is 35.5. The lowest BCUT2D eigenvalue weighted by Gasteiger charge is -2.07. The number of rotatable bonds is 5. The molecule has 2 aromatic carbocycles. The smallest absolute Gasteiger partial charge is 0.251 e. The average Bonchev–Trinajstić information content (AvgIpc) is 2.49. The standard InChI is InChI=1S/C16H15ClFNO/c17-11-12-4-3-6-14(10-12)16(20)19-9-8-13-5-1-2-7-15(13)18/h1-7,10H,8-9,11H2,(H,19,20). The summed E-state index contributed by atoms with van der Waals surface area (Å²) in [6, 6.07) is 13.7. The van der Waals surface area contributed by atoms with Crippen LogP contribution in [0.1, 0.15) is 21.5 Å². The Bertz CT molecular complexity index is 601. The molecule has 0 atom stereocenters. The number of carbonyl (C=O) groups is 1. The first-order valence-electron chi connectivity index (χ1n) is 6.37. The molecule has 0 spiro atoms. The van der Waals surface area contributed by atoms with Crippen LogP contribution in [0.25, 0.3) is 0 Å². The van der Waals surface area contributed by atoms with Gasteiger partial charge in [0.15, 0.2) is 0 Å². The lowest BCUT2D eigenvalue weighted by Crippen LogP contribution is -2.25. The molecule has 2 aromatic rings. The van der Waals surface area contributed by atoms with Crippen LogP contribution in [0.4, 0.5) is 4.39 Å². The number of hydrogen-bond donors (Lipinski definition) is 1. The van der Waals surface area contributed by atoms with E-state index in [9.17, 15) is 9.18 Å². The predicted molar refractivity (Wildman–Crippen MR) is 78.4 cm³/mol. The van der Waals surface area contributed by atoms with E-state index in [2.05, 4.69) is 5.32 Å². The van der Waals surface area contributed by atoms with Crippen LogP contribution in [-0.4, -0.2) is 12.5 Å². The Kier molecular flexibility index (Phi) is 5.13. The van der Waals surface area contributed by atoms with Crippen molar-refractivity contribution in [3.8, 4) is 0 Å². The Labute approximate surface area is 122 Å². The van der Waals surface area contributed by atoms with Crippen molar-refractivity contribution in [2.75, 3.05) is 6.54 Å². The van der Waals surface area contributed by atoms with Gasteiger partial charge in [0.25, 0.3) is 5.91 Å². The third kappa shape index (κ3) is 3.81. The van der Waals surface area contributed by atoms with Gasteiger partial charge in [0.05, 0.1) is 0 Å². The molecule has 0 aliphatic rings. The van der Waals surface area contributed by atoms with Crippen LogP contribution in [0.2, 0.25) is 0 Å². The van der Waals surface area contributed by atoms with Gasteiger partial charge in [-0.05, 0) is 35.7 Å². The Morgan fingerprint density at radius 2 is 1.95 bits per heavy atom. The van der Waals surface area contributed by atoms with Gasteiger partial charge in [-0.1, -0.05) is 30.3 Å². The monoisotopic (exact) mass is 291 g/mol. The molecule has 2 nitrogen and oxygen atoms in total. The van der Waals surface area contributed by atoms with E-state index in [0.717, 1.165) is 5.56 Å². The fourth-order valence-electron chi connectivity index (χ4n) is 1.91. The molecule has 2 rings (SSSR count). The second kappa shape index (κ2) is 7.06. The SMILES string of the molecule is O=C(NCCc1ccccc1F)c1cccc(CCl)c1. The molecule has 0 aliphatic carbocycles. The van der Waals surface area contributed by atoms with Gasteiger partial charge in [0, 0.05) is 18.0 Å². The Hall–Kier alpha value is -1.87. The van der Waals surface area contributed by atoms with Crippen molar-refractivity contribution in [2.45, 2.75) is 12.3 Å². The molecule has 20 heavy (non-hydrogen) atoms. The molecule has 0 saturated carbocycles. The van der Waals surface area contributed by atoms with Gasteiger partial charge >= 0.3 is 0 Å². The van der Waals surface area contributed by atoms with Crippen molar-refractivity contribution in [3.05, 3.63) is 71.0 Å². The summed E-state index contributed by atoms with van der Waals surface area (Å²) >= 11 is 5.73. The first-order valence-corrected chi connectivity index (χ1v) is 6.90. The van der Waals surface area contributed by atoms with Crippen LogP contribution in [0.5, 0.6) is 0 Å². The summed E-state index contributed by atoms with van der Waals surface area (Å²) in [4.78, 5) is 11.9. The van der Waals surface area contributed by atoms with Crippen LogP contribution < -0.4 is 5.32 Å². The van der Waals surface area contributed by atoms with E-state index in [1.54, 1.807) is 36.4 Å². The molecule has 0 saturated heterocycles. The maximum atomic E-state index is 13.4. The zero-order valence-electron chi connectivity index (χ0n) is 10.9. The number of halogens is 2. The molecule has 0 aliphatic heterocycles. The highest BCUT2D eigenvalue weighted by molar-refractivity contribution is 6.17. The second-order valence-corrected chi connectivity index (χ2v) is 4.70. The minimum atomic E-state index is -0.245. The lowest BCUT2D eigenvalue weighted by atomic mass is 10.1. The molecular weight excluding hydrogens is 277 g/mol. The number of nitrogens with one attached hydrogen (secondary N) is 1. The highest BCUT2D eigenvalue weighted by Crippen LogP contribution is 2.09. The first-order chi connectivity index (χ1) is 9.70. The summed E-state index contributed by atoms with van der Waals surface area (Å²) in [6.07, 6.45) is 0.466. The summed E-state index contributed by atoms with van der Waals surface area (Å²) in [6.45, 7) is 0.394. The van der Waals surface area contributed by atoms with E-state index in [-0.39, 0.29) is 11.7 Å². The van der Waals surface area contributed by atoms with Crippen molar-refractivity contribution in [1.82, 2.24) is 5.32 Å². The Morgan fingerprint density at radius 3 is 2.70 bits per heavy atom. The fraction of sp³-hybridized carbons (Fsp3) is 0.188. The quantitative estimate of drug-likeness (QED) is 0.839. The molecule has 104 valence electrons. The summed E-state index contributed by atoms with van der Waals surface area (Å²) in [7, 11) is 0. The van der Waals surface area contributed by atoms with Crippen LogP contribution in [-0.2, 0) is 12.3 Å². The molecule has 4 heteroatoms. The van der Waals surface area contributed by atoms with Crippen LogP contribution >= 0.6 is 11.6 Å². The Balaban J connectivity index is 1.91. The summed E-state index contributed by atoms with van der Waals surface area (Å²) in [5, 5.41) is 2.78. The molecule has 1 amide bonds. The van der Waals surface area contributed by atoms with Gasteiger partial charge in [-0.2, -0.15) is 0 Å². The largest absolute Gasteiger partial charge is 0.352 e. The minimum Gasteiger partial charge on any atom is -0.352 e. The molecule has 0 unspecified atom stereocenters. The van der Waals surface area contributed by atoms with Gasteiger partial charge < -0.3 is 5.32 Å². The molecule has 0 fully saturated rings. The number of carbonyl (C=O) groups excluding carboxylic acids is 1. The van der Waals surface area contributed by atoms with E-state index < -0.39 is 0 Å². The van der Waals surface area contributed by atoms with Crippen molar-refractivity contribution in [3.63, 3.8) is 0 Å². The van der Waals surface area contributed by atoms with E-state index >= 15 is 0 Å². The molecule has 0 aromatic heterocycles. The van der Waals surface area contributed by atoms with E-state index in [0.29, 0.717) is 30.0 Å². The third-order valence-electron chi connectivity index (χ3n) is 2.98. The number of amides is 1. The van der Waals surface area contributed by atoms with E-state index in [4.69, 9.17) is 11.6 Å². The van der Waals surface area contributed by atoms with Gasteiger partial charge in [-0.25, -0.2) is 4.39 Å². The molecule has 0 heterocycles. The normalized spacial score (nSPS) is 10.3. The molecule has 1 N–H and O–H groups in total. The summed E-state index contributed by atoms with van der Waals surface area (Å²) in [5.74, 6) is -0.0460. The van der Waals surface area contributed by atoms with E-state index in [1.165, 1.54) is 6.07 Å². The van der Waals surface area contributed by atoms with Crippen LogP contribution in [0, 0.1) is 5.82 Å². The molecule has 0 bridgehead atoms. The van der Waals surface area contributed by atoms with Gasteiger partial charge in [0.2, 0.25) is 0 Å². The maximum Gasteiger partial charge on any atom is 0.251 e. The molecule has 0 radical (unpaired) electrons. The van der Waals surface area contributed by atoms with Crippen molar-refractivity contribution in [1.29, 1.82) is 0 Å². The first kappa shape index (κ1) is 14.5. The minimum absolute atomic E-state index is 0.173. The fourth-order valence-corrected chi connectivity index (χ4v) is 2.08. The Morgan fingerprint density at radius 1 is 1.15 bits per heavy atom. The number of alkyl halides is 1. The van der Waals surface area contributed by atoms with Crippen LogP contribution in [0.3, 0.4) is 0 Å². The van der Waals surface area contributed by atoms with Crippen molar-refractivity contribution >= 4 is 17.5 Å². The van der Waals surface area contributed by atoms with Gasteiger partial charge in [-0.15, -0.1) is 11.6 Å². The van der Waals surface area contributed by atoms with Crippen LogP contribution in [0.15, 0.2) is 48.5 Å². The van der Waals surface area contributed by atoms with Crippen molar-refractivity contribution < 1.29 is 9.18 Å². The zero-order valence-corrected chi connectivity index (χ0v) is 11.7. The predicted octanol–water partition coefficient (Wildman–Crippen LogP) is 3.54. The number of benzene rings is 2. The highest BCUT2D eigenvalue weighted by Gasteiger charge is 2.06. The lowest BCUT2D eigenvalue weighted by molar-refractivity contribution is 0.0954. The third-order valence-corrected chi connectivity index (χ3v) is 3.29. The maximum absolute atomic E-state index is 13.4. The van der Waals surface area contributed by atoms with Gasteiger partial charge in [-0.3, -0.25) is 4.79 Å². The summed E-state index contributed by atoms with van der Waals surface area (Å²) in [5.41, 5.74) is 2.06. The van der Waals surface area contributed by atoms with E-state index in [1.807, 2.05) is 6.07 Å². The summed E-state index contributed by atoms with van der Waals surface area (Å²) < 4.78 is 13.4. The van der Waals surface area contributed by atoms with Gasteiger partial charge in [0.1, 0.15) is 5.82 Å². The molecular formula is C16H15ClFNO. The average molecular weight is 292 g/mol. The van der Waals surface area contributed by atoms with Crippen molar-refractivity contribution in [2.24, 2.45) is 0 Å². The number of hydrogen-bond acceptors (Lipinski definition) is 1. The second-order valence-electron chi connectivity index (χ2n) is 4.43. The zero-order chi connectivity index (χ0) is 14.4. The topological polar surface area (TPSA) is 29.1 Å².